The van der Waals surface area contributed by atoms with Crippen molar-refractivity contribution >= 4 is 33.3 Å². The van der Waals surface area contributed by atoms with Gasteiger partial charge in [-0.05, 0) is 38.5 Å². The Kier molecular flexibility index (Phi) is 6.54. The Labute approximate surface area is 150 Å². The quantitative estimate of drug-likeness (QED) is 0.749. The molecule has 2 aromatic rings. The third-order valence-electron chi connectivity index (χ3n) is 3.13. The first-order chi connectivity index (χ1) is 11.5. The number of nitrogens with one attached hydrogen (secondary N) is 2. The maximum absolute atomic E-state index is 12.1. The first-order valence-corrected chi connectivity index (χ1v) is 8.52. The van der Waals surface area contributed by atoms with Crippen LogP contribution in [0.3, 0.4) is 0 Å². The van der Waals surface area contributed by atoms with E-state index in [-0.39, 0.29) is 12.0 Å². The van der Waals surface area contributed by atoms with E-state index in [0.717, 1.165) is 15.7 Å². The van der Waals surface area contributed by atoms with Gasteiger partial charge in [-0.25, -0.2) is 9.97 Å². The summed E-state index contributed by atoms with van der Waals surface area (Å²) >= 11 is 3.40. The summed E-state index contributed by atoms with van der Waals surface area (Å²) in [6.07, 6.45) is 3.47. The summed E-state index contributed by atoms with van der Waals surface area (Å²) in [5.41, 5.74) is 1.82. The molecule has 2 N–H and O–H groups in total. The molecule has 0 aliphatic heterocycles. The molecule has 1 amide bonds. The van der Waals surface area contributed by atoms with Gasteiger partial charge in [0, 0.05) is 35.5 Å². The molecule has 0 aliphatic carbocycles. The van der Waals surface area contributed by atoms with Gasteiger partial charge in [-0.1, -0.05) is 22.0 Å². The summed E-state index contributed by atoms with van der Waals surface area (Å²) in [5, 5.41) is 6.00. The number of aromatic nitrogens is 2. The molecular weight excluding hydrogens is 372 g/mol. The zero-order chi connectivity index (χ0) is 17.5. The molecule has 0 aliphatic rings. The molecule has 128 valence electrons. The summed E-state index contributed by atoms with van der Waals surface area (Å²) in [4.78, 5) is 20.4. The largest absolute Gasteiger partial charge is 0.472 e. The first-order valence-electron chi connectivity index (χ1n) is 7.73. The van der Waals surface area contributed by atoms with Crippen molar-refractivity contribution in [2.24, 2.45) is 0 Å². The number of hydrogen-bond acceptors (Lipinski definition) is 5. The summed E-state index contributed by atoms with van der Waals surface area (Å²) in [6, 6.07) is 5.78. The van der Waals surface area contributed by atoms with E-state index in [0.29, 0.717) is 24.7 Å². The Balaban J connectivity index is 1.88. The predicted octanol–water partition coefficient (Wildman–Crippen LogP) is 3.78. The van der Waals surface area contributed by atoms with Crippen LogP contribution >= 0.6 is 15.9 Å². The Morgan fingerprint density at radius 3 is 2.79 bits per heavy atom. The number of benzene rings is 1. The minimum atomic E-state index is -0.0704. The Morgan fingerprint density at radius 1 is 1.29 bits per heavy atom. The second-order valence-corrected chi connectivity index (χ2v) is 6.48. The zero-order valence-corrected chi connectivity index (χ0v) is 15.6. The molecule has 1 aromatic heterocycles. The van der Waals surface area contributed by atoms with Crippen LogP contribution < -0.4 is 15.4 Å². The van der Waals surface area contributed by atoms with Crippen LogP contribution in [0.25, 0.3) is 0 Å². The fraction of sp³-hybridized carbons (Fsp3) is 0.353. The molecule has 0 spiro atoms. The minimum absolute atomic E-state index is 0.00468. The fourth-order valence-electron chi connectivity index (χ4n) is 1.99. The van der Waals surface area contributed by atoms with Crippen molar-refractivity contribution in [2.45, 2.75) is 33.3 Å². The van der Waals surface area contributed by atoms with Crippen LogP contribution in [0.4, 0.5) is 11.5 Å². The van der Waals surface area contributed by atoms with Crippen molar-refractivity contribution < 1.29 is 9.53 Å². The zero-order valence-electron chi connectivity index (χ0n) is 14.0. The number of carbonyl (C=O) groups is 1. The normalized spacial score (nSPS) is 10.5. The summed E-state index contributed by atoms with van der Waals surface area (Å²) < 4.78 is 6.51. The van der Waals surface area contributed by atoms with Crippen LogP contribution in [0.15, 0.2) is 35.1 Å². The van der Waals surface area contributed by atoms with E-state index in [1.807, 2.05) is 39.0 Å². The third-order valence-corrected chi connectivity index (χ3v) is 3.62. The highest BCUT2D eigenvalue weighted by molar-refractivity contribution is 9.10. The van der Waals surface area contributed by atoms with Gasteiger partial charge in [-0.3, -0.25) is 4.79 Å². The van der Waals surface area contributed by atoms with Gasteiger partial charge >= 0.3 is 0 Å². The van der Waals surface area contributed by atoms with Crippen LogP contribution in [0, 0.1) is 6.92 Å². The summed E-state index contributed by atoms with van der Waals surface area (Å²) in [7, 11) is 0. The van der Waals surface area contributed by atoms with Crippen LogP contribution in [-0.2, 0) is 4.79 Å². The molecule has 1 heterocycles. The molecule has 0 atom stereocenters. The van der Waals surface area contributed by atoms with Crippen molar-refractivity contribution in [3.63, 3.8) is 0 Å². The van der Waals surface area contributed by atoms with Gasteiger partial charge in [0.25, 0.3) is 5.88 Å². The molecule has 0 fully saturated rings. The monoisotopic (exact) mass is 392 g/mol. The number of ether oxygens (including phenoxy) is 1. The lowest BCUT2D eigenvalue weighted by molar-refractivity contribution is -0.115. The van der Waals surface area contributed by atoms with E-state index in [2.05, 4.69) is 36.5 Å². The van der Waals surface area contributed by atoms with Crippen molar-refractivity contribution in [1.29, 1.82) is 0 Å². The topological polar surface area (TPSA) is 76.1 Å². The number of halogens is 1. The molecule has 0 radical (unpaired) electrons. The van der Waals surface area contributed by atoms with Crippen molar-refractivity contribution in [3.05, 3.63) is 40.6 Å². The lowest BCUT2D eigenvalue weighted by atomic mass is 10.2. The van der Waals surface area contributed by atoms with E-state index in [4.69, 9.17) is 4.74 Å². The fourth-order valence-corrected chi connectivity index (χ4v) is 2.35. The van der Waals surface area contributed by atoms with Crippen molar-refractivity contribution in [2.75, 3.05) is 17.2 Å². The smallest absolute Gasteiger partial charge is 0.257 e. The number of nitrogens with zero attached hydrogens (tertiary/aromatic N) is 2. The maximum atomic E-state index is 12.1. The standard InChI is InChI=1S/C17H21BrN4O2/c1-11(2)24-17-16(20-8-9-21-17)19-7-6-15(23)22-14-10-13(18)5-4-12(14)3/h4-5,8-11H,6-7H2,1-3H3,(H,19,20)(H,22,23). The van der Waals surface area contributed by atoms with E-state index < -0.39 is 0 Å². The van der Waals surface area contributed by atoms with Gasteiger partial charge < -0.3 is 15.4 Å². The molecule has 0 unspecified atom stereocenters. The van der Waals surface area contributed by atoms with E-state index in [1.165, 1.54) is 0 Å². The Hall–Kier alpha value is -2.15. The molecule has 2 rings (SSSR count). The van der Waals surface area contributed by atoms with Crippen LogP contribution in [-0.4, -0.2) is 28.5 Å². The molecule has 7 heteroatoms. The molecule has 6 nitrogen and oxygen atoms in total. The number of amides is 1. The van der Waals surface area contributed by atoms with Crippen LogP contribution in [0.2, 0.25) is 0 Å². The molecular formula is C17H21BrN4O2. The number of hydrogen-bond donors (Lipinski definition) is 2. The number of rotatable bonds is 7. The van der Waals surface area contributed by atoms with Gasteiger partial charge in [-0.15, -0.1) is 0 Å². The van der Waals surface area contributed by atoms with E-state index >= 15 is 0 Å². The lowest BCUT2D eigenvalue weighted by Gasteiger charge is -2.13. The second kappa shape index (κ2) is 8.63. The average Bonchev–Trinajstić information content (AvgIpc) is 2.52. The van der Waals surface area contributed by atoms with Gasteiger partial charge in [0.1, 0.15) is 0 Å². The summed E-state index contributed by atoms with van der Waals surface area (Å²) in [6.45, 7) is 6.24. The molecule has 0 saturated carbocycles. The SMILES string of the molecule is Cc1ccc(Br)cc1NC(=O)CCNc1nccnc1OC(C)C. The molecule has 1 aromatic carbocycles. The van der Waals surface area contributed by atoms with Crippen LogP contribution in [0.1, 0.15) is 25.8 Å². The highest BCUT2D eigenvalue weighted by Gasteiger charge is 2.09. The Bertz CT molecular complexity index is 707. The first kappa shape index (κ1) is 18.2. The lowest BCUT2D eigenvalue weighted by Crippen LogP contribution is -2.18. The number of anilines is 2. The molecule has 0 bridgehead atoms. The average molecular weight is 393 g/mol. The highest BCUT2D eigenvalue weighted by atomic mass is 79.9. The number of aryl methyl sites for hydroxylation is 1. The minimum Gasteiger partial charge on any atom is -0.472 e. The summed E-state index contributed by atoms with van der Waals surface area (Å²) in [5.74, 6) is 0.910. The molecule has 24 heavy (non-hydrogen) atoms. The van der Waals surface area contributed by atoms with Gasteiger partial charge in [0.2, 0.25) is 5.91 Å². The molecule has 0 saturated heterocycles. The van der Waals surface area contributed by atoms with E-state index in [1.54, 1.807) is 12.4 Å². The third kappa shape index (κ3) is 5.49. The Morgan fingerprint density at radius 2 is 2.04 bits per heavy atom. The van der Waals surface area contributed by atoms with Gasteiger partial charge in [0.05, 0.1) is 6.10 Å². The van der Waals surface area contributed by atoms with Crippen molar-refractivity contribution in [3.8, 4) is 5.88 Å². The highest BCUT2D eigenvalue weighted by Crippen LogP contribution is 2.21. The van der Waals surface area contributed by atoms with Crippen molar-refractivity contribution in [1.82, 2.24) is 9.97 Å². The second-order valence-electron chi connectivity index (χ2n) is 5.56. The predicted molar refractivity (Wildman–Crippen MR) is 98.4 cm³/mol. The van der Waals surface area contributed by atoms with E-state index in [9.17, 15) is 4.79 Å². The van der Waals surface area contributed by atoms with Gasteiger partial charge in [0.15, 0.2) is 5.82 Å². The van der Waals surface area contributed by atoms with Crippen LogP contribution in [0.5, 0.6) is 5.88 Å². The number of carbonyl (C=O) groups excluding carboxylic acids is 1. The van der Waals surface area contributed by atoms with Gasteiger partial charge in [-0.2, -0.15) is 0 Å². The maximum Gasteiger partial charge on any atom is 0.257 e.